The molecule has 178 valence electrons. The van der Waals surface area contributed by atoms with Gasteiger partial charge in [-0.15, -0.1) is 0 Å². The first kappa shape index (κ1) is 24.4. The van der Waals surface area contributed by atoms with E-state index in [1.165, 1.54) is 0 Å². The van der Waals surface area contributed by atoms with E-state index in [1.54, 1.807) is 17.8 Å². The van der Waals surface area contributed by atoms with Crippen molar-refractivity contribution in [2.24, 2.45) is 0 Å². The molecule has 2 amide bonds. The maximum Gasteiger partial charge on any atom is 0.270 e. The fraction of sp³-hybridized carbons (Fsp3) is 0.179. The van der Waals surface area contributed by atoms with Crippen LogP contribution >= 0.6 is 15.9 Å². The third kappa shape index (κ3) is 6.25. The van der Waals surface area contributed by atoms with Crippen LogP contribution in [-0.2, 0) is 17.8 Å². The average molecular weight is 531 g/mol. The van der Waals surface area contributed by atoms with E-state index in [2.05, 4.69) is 32.6 Å². The Bertz CT molecular complexity index is 1330. The van der Waals surface area contributed by atoms with Crippen molar-refractivity contribution < 1.29 is 9.59 Å². The van der Waals surface area contributed by atoms with Gasteiger partial charge < -0.3 is 10.6 Å². The summed E-state index contributed by atoms with van der Waals surface area (Å²) >= 11 is 3.47. The minimum absolute atomic E-state index is 0.258. The largest absolute Gasteiger partial charge is 0.357 e. The van der Waals surface area contributed by atoms with Crippen LogP contribution in [0.5, 0.6) is 0 Å². The van der Waals surface area contributed by atoms with Crippen LogP contribution in [0.4, 0.5) is 0 Å². The predicted octanol–water partition coefficient (Wildman–Crippen LogP) is 4.76. The van der Waals surface area contributed by atoms with E-state index in [4.69, 9.17) is 5.10 Å². The summed E-state index contributed by atoms with van der Waals surface area (Å²) in [5, 5.41) is 10.3. The van der Waals surface area contributed by atoms with Gasteiger partial charge in [-0.25, -0.2) is 0 Å². The lowest BCUT2D eigenvalue weighted by Gasteiger charge is -2.18. The first-order valence-electron chi connectivity index (χ1n) is 11.4. The molecule has 1 atom stereocenters. The van der Waals surface area contributed by atoms with Crippen LogP contribution in [-0.4, -0.2) is 34.7 Å². The van der Waals surface area contributed by atoms with E-state index >= 15 is 0 Å². The smallest absolute Gasteiger partial charge is 0.270 e. The molecule has 4 aromatic rings. The van der Waals surface area contributed by atoms with Crippen molar-refractivity contribution in [1.29, 1.82) is 0 Å². The molecule has 0 bridgehead atoms. The zero-order valence-corrected chi connectivity index (χ0v) is 21.2. The molecule has 35 heavy (non-hydrogen) atoms. The summed E-state index contributed by atoms with van der Waals surface area (Å²) in [7, 11) is 1.57. The van der Waals surface area contributed by atoms with Gasteiger partial charge in [-0.1, -0.05) is 88.2 Å². The molecule has 1 heterocycles. The normalized spacial score (nSPS) is 11.6. The number of halogens is 1. The minimum Gasteiger partial charge on any atom is -0.357 e. The number of benzene rings is 3. The number of rotatable bonds is 8. The van der Waals surface area contributed by atoms with Crippen LogP contribution in [0.15, 0.2) is 89.4 Å². The number of hydrogen-bond acceptors (Lipinski definition) is 3. The van der Waals surface area contributed by atoms with Crippen LogP contribution < -0.4 is 10.6 Å². The van der Waals surface area contributed by atoms with Gasteiger partial charge >= 0.3 is 0 Å². The summed E-state index contributed by atoms with van der Waals surface area (Å²) in [4.78, 5) is 26.1. The highest BCUT2D eigenvalue weighted by Gasteiger charge is 2.24. The second kappa shape index (κ2) is 11.1. The van der Waals surface area contributed by atoms with Gasteiger partial charge in [0.1, 0.15) is 11.7 Å². The van der Waals surface area contributed by atoms with Gasteiger partial charge in [0.05, 0.1) is 12.2 Å². The van der Waals surface area contributed by atoms with Gasteiger partial charge in [0, 0.05) is 23.5 Å². The van der Waals surface area contributed by atoms with E-state index < -0.39 is 6.04 Å². The van der Waals surface area contributed by atoms with Crippen molar-refractivity contribution in [3.63, 3.8) is 0 Å². The number of likely N-dealkylation sites (N-methyl/N-ethyl adjacent to an activating group) is 1. The summed E-state index contributed by atoms with van der Waals surface area (Å²) < 4.78 is 2.62. The van der Waals surface area contributed by atoms with Crippen LogP contribution in [0.1, 0.15) is 27.2 Å². The van der Waals surface area contributed by atoms with Crippen LogP contribution in [0.25, 0.3) is 11.3 Å². The molecule has 0 aliphatic carbocycles. The summed E-state index contributed by atoms with van der Waals surface area (Å²) in [6, 6.07) is 26.6. The molecule has 6 nitrogen and oxygen atoms in total. The summed E-state index contributed by atoms with van der Waals surface area (Å²) in [6.45, 7) is 2.47. The molecule has 1 aromatic heterocycles. The van der Waals surface area contributed by atoms with Gasteiger partial charge in [-0.2, -0.15) is 5.10 Å². The lowest BCUT2D eigenvalue weighted by atomic mass is 10.0. The zero-order chi connectivity index (χ0) is 24.8. The van der Waals surface area contributed by atoms with E-state index in [0.717, 1.165) is 26.7 Å². The van der Waals surface area contributed by atoms with Crippen LogP contribution in [0.3, 0.4) is 0 Å². The fourth-order valence-electron chi connectivity index (χ4n) is 3.97. The highest BCUT2D eigenvalue weighted by Crippen LogP contribution is 2.21. The number of nitrogens with one attached hydrogen (secondary N) is 2. The van der Waals surface area contributed by atoms with E-state index in [9.17, 15) is 9.59 Å². The number of carbonyl (C=O) groups excluding carboxylic acids is 2. The lowest BCUT2D eigenvalue weighted by Crippen LogP contribution is -2.47. The van der Waals surface area contributed by atoms with E-state index in [1.807, 2.05) is 79.7 Å². The van der Waals surface area contributed by atoms with Gasteiger partial charge in [-0.05, 0) is 36.2 Å². The molecular formula is C28H27BrN4O2. The first-order valence-corrected chi connectivity index (χ1v) is 12.2. The van der Waals surface area contributed by atoms with Crippen molar-refractivity contribution >= 4 is 27.7 Å². The number of aryl methyl sites for hydroxylation is 1. The standard InChI is InChI=1S/C28H27BrN4O2/c1-19-8-6-10-21(14-19)18-33-26(17-24(32-33)22-11-4-3-5-12-22)28(35)31-25(27(34)30-2)16-20-9-7-13-23(29)15-20/h3-15,17,25H,16,18H2,1-2H3,(H,30,34)(H,31,35)/t25-/m0/s1. The third-order valence-electron chi connectivity index (χ3n) is 5.69. The minimum atomic E-state index is -0.732. The highest BCUT2D eigenvalue weighted by atomic mass is 79.9. The Morgan fingerprint density at radius 1 is 0.943 bits per heavy atom. The fourth-order valence-corrected chi connectivity index (χ4v) is 4.42. The number of aromatic nitrogens is 2. The molecular weight excluding hydrogens is 504 g/mol. The molecule has 3 aromatic carbocycles. The maximum atomic E-state index is 13.5. The van der Waals surface area contributed by atoms with Crippen molar-refractivity contribution in [3.8, 4) is 11.3 Å². The lowest BCUT2D eigenvalue weighted by molar-refractivity contribution is -0.122. The molecule has 4 rings (SSSR count). The number of nitrogens with zero attached hydrogens (tertiary/aromatic N) is 2. The molecule has 2 N–H and O–H groups in total. The molecule has 0 saturated carbocycles. The molecule has 0 radical (unpaired) electrons. The molecule has 0 saturated heterocycles. The molecule has 0 aliphatic rings. The number of carbonyl (C=O) groups is 2. The SMILES string of the molecule is CNC(=O)[C@H](Cc1cccc(Br)c1)NC(=O)c1cc(-c2ccccc2)nn1Cc1cccc(C)c1. The Morgan fingerprint density at radius 3 is 2.40 bits per heavy atom. The van der Waals surface area contributed by atoms with Gasteiger partial charge in [0.2, 0.25) is 5.91 Å². The molecule has 0 spiro atoms. The topological polar surface area (TPSA) is 76.0 Å². The predicted molar refractivity (Wildman–Crippen MR) is 141 cm³/mol. The van der Waals surface area contributed by atoms with Crippen LogP contribution in [0, 0.1) is 6.92 Å². The third-order valence-corrected chi connectivity index (χ3v) is 6.19. The Morgan fingerprint density at radius 2 is 1.69 bits per heavy atom. The van der Waals surface area contributed by atoms with Crippen molar-refractivity contribution in [2.75, 3.05) is 7.05 Å². The molecule has 0 aliphatic heterocycles. The number of hydrogen-bond donors (Lipinski definition) is 2. The Kier molecular flexibility index (Phi) is 7.77. The quantitative estimate of drug-likeness (QED) is 0.345. The Hall–Kier alpha value is -3.71. The van der Waals surface area contributed by atoms with Crippen LogP contribution in [0.2, 0.25) is 0 Å². The zero-order valence-electron chi connectivity index (χ0n) is 19.7. The molecule has 7 heteroatoms. The van der Waals surface area contributed by atoms with E-state index in [-0.39, 0.29) is 11.8 Å². The molecule has 0 fully saturated rings. The Balaban J connectivity index is 1.65. The number of amides is 2. The summed E-state index contributed by atoms with van der Waals surface area (Å²) in [6.07, 6.45) is 0.364. The summed E-state index contributed by atoms with van der Waals surface area (Å²) in [5.74, 6) is -0.609. The monoisotopic (exact) mass is 530 g/mol. The average Bonchev–Trinajstić information content (AvgIpc) is 3.27. The van der Waals surface area contributed by atoms with Crippen molar-refractivity contribution in [2.45, 2.75) is 25.9 Å². The van der Waals surface area contributed by atoms with Gasteiger partial charge in [0.25, 0.3) is 5.91 Å². The second-order valence-electron chi connectivity index (χ2n) is 8.40. The highest BCUT2D eigenvalue weighted by molar-refractivity contribution is 9.10. The second-order valence-corrected chi connectivity index (χ2v) is 9.32. The summed E-state index contributed by atoms with van der Waals surface area (Å²) in [5.41, 5.74) is 5.13. The van der Waals surface area contributed by atoms with Crippen molar-refractivity contribution in [3.05, 3.63) is 112 Å². The maximum absolute atomic E-state index is 13.5. The molecule has 0 unspecified atom stereocenters. The van der Waals surface area contributed by atoms with Gasteiger partial charge in [0.15, 0.2) is 0 Å². The Labute approximate surface area is 213 Å². The van der Waals surface area contributed by atoms with E-state index in [0.29, 0.717) is 24.4 Å². The first-order chi connectivity index (χ1) is 16.9. The van der Waals surface area contributed by atoms with Gasteiger partial charge in [-0.3, -0.25) is 14.3 Å². The van der Waals surface area contributed by atoms with Crippen molar-refractivity contribution in [1.82, 2.24) is 20.4 Å².